The molecule has 1 aliphatic heterocycles. The first-order valence-electron chi connectivity index (χ1n) is 6.38. The minimum absolute atomic E-state index is 0.00187. The number of thioether (sulfide) groups is 1. The lowest BCUT2D eigenvalue weighted by molar-refractivity contribution is -0.146. The predicted octanol–water partition coefficient (Wildman–Crippen LogP) is 1.39. The van der Waals surface area contributed by atoms with Gasteiger partial charge in [0.15, 0.2) is 0 Å². The summed E-state index contributed by atoms with van der Waals surface area (Å²) in [5.74, 6) is 0.541. The number of carboxylic acids is 1. The summed E-state index contributed by atoms with van der Waals surface area (Å²) in [6, 6.07) is -0.228. The van der Waals surface area contributed by atoms with Crippen molar-refractivity contribution in [2.24, 2.45) is 0 Å². The molecule has 1 rings (SSSR count). The molecule has 2 atom stereocenters. The van der Waals surface area contributed by atoms with Crippen molar-refractivity contribution >= 4 is 23.6 Å². The molecule has 0 radical (unpaired) electrons. The molecule has 1 fully saturated rings. The summed E-state index contributed by atoms with van der Waals surface area (Å²) in [5.41, 5.74) is 0. The highest BCUT2D eigenvalue weighted by atomic mass is 32.2. The first-order chi connectivity index (χ1) is 9.06. The molecule has 1 aliphatic rings. The zero-order chi connectivity index (χ0) is 14.3. The van der Waals surface area contributed by atoms with Crippen molar-refractivity contribution in [3.63, 3.8) is 0 Å². The first-order valence-corrected chi connectivity index (χ1v) is 7.54. The summed E-state index contributed by atoms with van der Waals surface area (Å²) in [7, 11) is 0. The van der Waals surface area contributed by atoms with E-state index in [1.807, 2.05) is 0 Å². The molecule has 5 nitrogen and oxygen atoms in total. The summed E-state index contributed by atoms with van der Waals surface area (Å²) in [6.07, 6.45) is 1.91. The molecule has 0 bridgehead atoms. The number of carboxylic acid groups (broad SMARTS) is 1. The minimum atomic E-state index is -0.870. The molecule has 2 unspecified atom stereocenters. The molecule has 1 heterocycles. The smallest absolute Gasteiger partial charge is 0.305 e. The van der Waals surface area contributed by atoms with Gasteiger partial charge in [-0.3, -0.25) is 9.59 Å². The number of ether oxygens (including phenoxy) is 1. The van der Waals surface area contributed by atoms with Gasteiger partial charge < -0.3 is 14.7 Å². The Morgan fingerprint density at radius 2 is 2.37 bits per heavy atom. The Morgan fingerprint density at radius 1 is 1.63 bits per heavy atom. The van der Waals surface area contributed by atoms with E-state index in [4.69, 9.17) is 9.84 Å². The number of hydrogen-bond acceptors (Lipinski definition) is 4. The van der Waals surface area contributed by atoms with Gasteiger partial charge in [-0.25, -0.2) is 0 Å². The van der Waals surface area contributed by atoms with Gasteiger partial charge in [-0.1, -0.05) is 6.08 Å². The molecule has 0 saturated carbocycles. The molecule has 1 amide bonds. The number of hydrogen-bond donors (Lipinski definition) is 1. The van der Waals surface area contributed by atoms with Crippen LogP contribution in [0, 0.1) is 0 Å². The maximum absolute atomic E-state index is 12.3. The summed E-state index contributed by atoms with van der Waals surface area (Å²) in [4.78, 5) is 24.7. The van der Waals surface area contributed by atoms with Crippen LogP contribution in [-0.4, -0.2) is 58.7 Å². The predicted molar refractivity (Wildman–Crippen MR) is 75.3 cm³/mol. The van der Waals surface area contributed by atoms with Gasteiger partial charge in [0.1, 0.15) is 6.10 Å². The molecular formula is C13H21NO4S. The fourth-order valence-electron chi connectivity index (χ4n) is 1.95. The van der Waals surface area contributed by atoms with Crippen molar-refractivity contribution in [1.82, 2.24) is 4.90 Å². The minimum Gasteiger partial charge on any atom is -0.481 e. The Bertz CT molecular complexity index is 335. The molecule has 0 spiro atoms. The third-order valence-electron chi connectivity index (χ3n) is 2.96. The van der Waals surface area contributed by atoms with E-state index in [1.165, 1.54) is 0 Å². The SMILES string of the molecule is C=CCCOC(C)C(=O)N1CCSCC1CC(=O)O. The molecule has 1 N–H and O–H groups in total. The number of amides is 1. The fourth-order valence-corrected chi connectivity index (χ4v) is 3.01. The molecule has 0 aromatic heterocycles. The van der Waals surface area contributed by atoms with Crippen molar-refractivity contribution in [1.29, 1.82) is 0 Å². The number of carbonyl (C=O) groups excluding carboxylic acids is 1. The van der Waals surface area contributed by atoms with Crippen LogP contribution < -0.4 is 0 Å². The van der Waals surface area contributed by atoms with Crippen LogP contribution in [0.3, 0.4) is 0 Å². The van der Waals surface area contributed by atoms with E-state index >= 15 is 0 Å². The Hall–Kier alpha value is -1.01. The third kappa shape index (κ3) is 5.24. The fraction of sp³-hybridized carbons (Fsp3) is 0.692. The normalized spacial score (nSPS) is 20.9. The Morgan fingerprint density at radius 3 is 3.00 bits per heavy atom. The van der Waals surface area contributed by atoms with Crippen molar-refractivity contribution in [2.75, 3.05) is 24.7 Å². The van der Waals surface area contributed by atoms with Crippen molar-refractivity contribution in [2.45, 2.75) is 31.9 Å². The topological polar surface area (TPSA) is 66.8 Å². The lowest BCUT2D eigenvalue weighted by Crippen LogP contribution is -2.50. The lowest BCUT2D eigenvalue weighted by atomic mass is 10.1. The second kappa shape index (κ2) is 8.22. The van der Waals surface area contributed by atoms with Gasteiger partial charge in [-0.05, 0) is 13.3 Å². The van der Waals surface area contributed by atoms with Gasteiger partial charge in [-0.15, -0.1) is 6.58 Å². The Labute approximate surface area is 118 Å². The zero-order valence-corrected chi connectivity index (χ0v) is 12.0. The summed E-state index contributed by atoms with van der Waals surface area (Å²) in [6.45, 7) is 6.36. The Balaban J connectivity index is 2.55. The second-order valence-corrected chi connectivity index (χ2v) is 5.60. The largest absolute Gasteiger partial charge is 0.481 e. The van der Waals surface area contributed by atoms with E-state index in [9.17, 15) is 9.59 Å². The highest BCUT2D eigenvalue weighted by molar-refractivity contribution is 7.99. The van der Waals surface area contributed by atoms with Crippen LogP contribution in [0.15, 0.2) is 12.7 Å². The molecule has 0 aliphatic carbocycles. The average Bonchev–Trinajstić information content (AvgIpc) is 2.38. The van der Waals surface area contributed by atoms with Crippen LogP contribution in [-0.2, 0) is 14.3 Å². The van der Waals surface area contributed by atoms with E-state index < -0.39 is 12.1 Å². The number of carbonyl (C=O) groups is 2. The van der Waals surface area contributed by atoms with Gasteiger partial charge >= 0.3 is 5.97 Å². The molecule has 108 valence electrons. The summed E-state index contributed by atoms with van der Waals surface area (Å²) in [5, 5.41) is 8.89. The first kappa shape index (κ1) is 16.0. The number of rotatable bonds is 7. The van der Waals surface area contributed by atoms with Crippen LogP contribution in [0.25, 0.3) is 0 Å². The Kier molecular flexibility index (Phi) is 6.94. The van der Waals surface area contributed by atoms with E-state index in [2.05, 4.69) is 6.58 Å². The van der Waals surface area contributed by atoms with Gasteiger partial charge in [0.2, 0.25) is 0 Å². The molecule has 6 heteroatoms. The van der Waals surface area contributed by atoms with Crippen LogP contribution in [0.5, 0.6) is 0 Å². The highest BCUT2D eigenvalue weighted by Gasteiger charge is 2.31. The van der Waals surface area contributed by atoms with E-state index in [1.54, 1.807) is 29.7 Å². The molecule has 0 aromatic rings. The zero-order valence-electron chi connectivity index (χ0n) is 11.2. The van der Waals surface area contributed by atoms with Gasteiger partial charge in [-0.2, -0.15) is 11.8 Å². The standard InChI is InChI=1S/C13H21NO4S/c1-3-4-6-18-10(2)13(17)14-5-7-19-9-11(14)8-12(15)16/h3,10-11H,1,4-9H2,2H3,(H,15,16). The maximum Gasteiger partial charge on any atom is 0.305 e. The molecule has 1 saturated heterocycles. The molecular weight excluding hydrogens is 266 g/mol. The molecule has 19 heavy (non-hydrogen) atoms. The van der Waals surface area contributed by atoms with E-state index in [-0.39, 0.29) is 18.4 Å². The summed E-state index contributed by atoms with van der Waals surface area (Å²) >= 11 is 1.69. The lowest BCUT2D eigenvalue weighted by Gasteiger charge is -2.36. The van der Waals surface area contributed by atoms with Gasteiger partial charge in [0.05, 0.1) is 19.1 Å². The summed E-state index contributed by atoms with van der Waals surface area (Å²) < 4.78 is 5.43. The number of nitrogens with zero attached hydrogens (tertiary/aromatic N) is 1. The van der Waals surface area contributed by atoms with E-state index in [0.29, 0.717) is 25.3 Å². The third-order valence-corrected chi connectivity index (χ3v) is 4.05. The van der Waals surface area contributed by atoms with Gasteiger partial charge in [0.25, 0.3) is 5.91 Å². The number of aliphatic carboxylic acids is 1. The monoisotopic (exact) mass is 287 g/mol. The van der Waals surface area contributed by atoms with Crippen LogP contribution in [0.4, 0.5) is 0 Å². The van der Waals surface area contributed by atoms with Crippen molar-refractivity contribution in [3.05, 3.63) is 12.7 Å². The maximum atomic E-state index is 12.3. The molecule has 0 aromatic carbocycles. The van der Waals surface area contributed by atoms with Crippen molar-refractivity contribution < 1.29 is 19.4 Å². The highest BCUT2D eigenvalue weighted by Crippen LogP contribution is 2.20. The van der Waals surface area contributed by atoms with Crippen molar-refractivity contribution in [3.8, 4) is 0 Å². The van der Waals surface area contributed by atoms with Crippen LogP contribution in [0.2, 0.25) is 0 Å². The quantitative estimate of drug-likeness (QED) is 0.566. The van der Waals surface area contributed by atoms with E-state index in [0.717, 1.165) is 5.75 Å². The van der Waals surface area contributed by atoms with Crippen LogP contribution in [0.1, 0.15) is 19.8 Å². The van der Waals surface area contributed by atoms with Gasteiger partial charge in [0, 0.05) is 18.1 Å². The average molecular weight is 287 g/mol. The van der Waals surface area contributed by atoms with Crippen LogP contribution >= 0.6 is 11.8 Å². The second-order valence-electron chi connectivity index (χ2n) is 4.45.